The van der Waals surface area contributed by atoms with Crippen molar-refractivity contribution in [3.8, 4) is 0 Å². The Bertz CT molecular complexity index is 1470. The maximum Gasteiger partial charge on any atom is 0.229 e. The normalized spacial score (nSPS) is 15.3. The molecule has 2 aromatic carbocycles. The molecule has 1 unspecified atom stereocenters. The van der Waals surface area contributed by atoms with Gasteiger partial charge in [-0.05, 0) is 41.6 Å². The molecule has 1 aliphatic rings. The average Bonchev–Trinajstić information content (AvgIpc) is 3.60. The molecule has 1 N–H and O–H groups in total. The number of hydrogen-bond donors (Lipinski definition) is 1. The highest BCUT2D eigenvalue weighted by atomic mass is 32.1. The first kappa shape index (κ1) is 20.6. The molecular weight excluding hydrogens is 442 g/mol. The van der Waals surface area contributed by atoms with Crippen LogP contribution in [-0.4, -0.2) is 25.7 Å². The smallest absolute Gasteiger partial charge is 0.229 e. The van der Waals surface area contributed by atoms with Crippen molar-refractivity contribution in [2.24, 2.45) is 5.10 Å². The quantitative estimate of drug-likeness (QED) is 0.337. The molecule has 0 radical (unpaired) electrons. The van der Waals surface area contributed by atoms with Crippen molar-refractivity contribution in [3.05, 3.63) is 95.4 Å². The molecule has 1 aliphatic heterocycles. The number of thiophene rings is 1. The predicted molar refractivity (Wildman–Crippen MR) is 138 cm³/mol. The molecule has 0 spiro atoms. The summed E-state index contributed by atoms with van der Waals surface area (Å²) in [5.74, 6) is 1.39. The number of benzene rings is 2. The number of rotatable bonds is 6. The molecule has 3 aromatic heterocycles. The molecule has 0 saturated carbocycles. The zero-order valence-corrected chi connectivity index (χ0v) is 19.5. The lowest BCUT2D eigenvalue weighted by atomic mass is 10.0. The second kappa shape index (κ2) is 8.72. The summed E-state index contributed by atoms with van der Waals surface area (Å²) in [7, 11) is 0. The lowest BCUT2D eigenvalue weighted by molar-refractivity contribution is 0.702. The fraction of sp³-hybridized carbons (Fsp3) is 0.154. The van der Waals surface area contributed by atoms with Crippen LogP contribution in [0.4, 0.5) is 17.5 Å². The van der Waals surface area contributed by atoms with Crippen molar-refractivity contribution in [3.63, 3.8) is 0 Å². The van der Waals surface area contributed by atoms with E-state index in [-0.39, 0.29) is 6.04 Å². The van der Waals surface area contributed by atoms with E-state index in [2.05, 4.69) is 56.6 Å². The third kappa shape index (κ3) is 4.04. The number of imidazole rings is 1. The molecule has 0 bridgehead atoms. The van der Waals surface area contributed by atoms with Gasteiger partial charge in [0.1, 0.15) is 0 Å². The first-order chi connectivity index (χ1) is 16.7. The van der Waals surface area contributed by atoms with E-state index < -0.39 is 0 Å². The molecule has 7 nitrogen and oxygen atoms in total. The maximum absolute atomic E-state index is 4.93. The highest BCUT2D eigenvalue weighted by Crippen LogP contribution is 2.38. The van der Waals surface area contributed by atoms with E-state index in [4.69, 9.17) is 15.1 Å². The third-order valence-electron chi connectivity index (χ3n) is 5.83. The van der Waals surface area contributed by atoms with Gasteiger partial charge in [-0.3, -0.25) is 0 Å². The van der Waals surface area contributed by atoms with Crippen LogP contribution in [0, 0.1) is 6.92 Å². The number of aryl methyl sites for hydroxylation is 1. The molecule has 6 rings (SSSR count). The van der Waals surface area contributed by atoms with Crippen LogP contribution in [0.25, 0.3) is 10.2 Å². The Hall–Kier alpha value is -4.04. The van der Waals surface area contributed by atoms with Gasteiger partial charge in [-0.25, -0.2) is 15.0 Å². The molecule has 0 fully saturated rings. The molecule has 1 atom stereocenters. The first-order valence-corrected chi connectivity index (χ1v) is 12.1. The van der Waals surface area contributed by atoms with E-state index in [1.54, 1.807) is 11.3 Å². The summed E-state index contributed by atoms with van der Waals surface area (Å²) in [6.45, 7) is 2.75. The first-order valence-electron chi connectivity index (χ1n) is 11.2. The Morgan fingerprint density at radius 3 is 2.82 bits per heavy atom. The second-order valence-electron chi connectivity index (χ2n) is 8.32. The molecule has 34 heavy (non-hydrogen) atoms. The molecule has 0 saturated heterocycles. The van der Waals surface area contributed by atoms with Crippen LogP contribution in [0.2, 0.25) is 0 Å². The topological polar surface area (TPSA) is 71.2 Å². The molecule has 4 heterocycles. The zero-order chi connectivity index (χ0) is 22.9. The summed E-state index contributed by atoms with van der Waals surface area (Å²) < 4.78 is 3.12. The summed E-state index contributed by atoms with van der Waals surface area (Å²) in [5.41, 5.74) is 5.27. The minimum Gasteiger partial charge on any atom is -0.333 e. The van der Waals surface area contributed by atoms with Crippen LogP contribution in [0.5, 0.6) is 0 Å². The number of nitrogens with zero attached hydrogens (tertiary/aromatic N) is 6. The molecule has 168 valence electrons. The van der Waals surface area contributed by atoms with Crippen molar-refractivity contribution in [1.29, 1.82) is 0 Å². The van der Waals surface area contributed by atoms with E-state index in [9.17, 15) is 0 Å². The molecule has 0 aliphatic carbocycles. The van der Waals surface area contributed by atoms with E-state index >= 15 is 0 Å². The average molecular weight is 466 g/mol. The Morgan fingerprint density at radius 2 is 1.97 bits per heavy atom. The summed E-state index contributed by atoms with van der Waals surface area (Å²) in [6.07, 6.45) is 6.71. The number of anilines is 3. The van der Waals surface area contributed by atoms with Gasteiger partial charge in [0.05, 0.1) is 28.3 Å². The van der Waals surface area contributed by atoms with Crippen LogP contribution in [0.1, 0.15) is 29.3 Å². The van der Waals surface area contributed by atoms with Crippen LogP contribution >= 0.6 is 11.3 Å². The van der Waals surface area contributed by atoms with Gasteiger partial charge in [0.15, 0.2) is 5.82 Å². The highest BCUT2D eigenvalue weighted by molar-refractivity contribution is 7.17. The zero-order valence-electron chi connectivity index (χ0n) is 18.7. The van der Waals surface area contributed by atoms with E-state index in [1.807, 2.05) is 54.9 Å². The van der Waals surface area contributed by atoms with E-state index in [0.29, 0.717) is 5.95 Å². The largest absolute Gasteiger partial charge is 0.333 e. The van der Waals surface area contributed by atoms with Crippen LogP contribution in [0.15, 0.2) is 83.7 Å². The summed E-state index contributed by atoms with van der Waals surface area (Å²) in [5, 5.41) is 12.2. The fourth-order valence-electron chi connectivity index (χ4n) is 4.27. The van der Waals surface area contributed by atoms with E-state index in [0.717, 1.165) is 40.4 Å². The van der Waals surface area contributed by atoms with Crippen molar-refractivity contribution in [2.45, 2.75) is 25.9 Å². The van der Waals surface area contributed by atoms with Crippen molar-refractivity contribution >= 4 is 45.2 Å². The number of aromatic nitrogens is 4. The van der Waals surface area contributed by atoms with Crippen molar-refractivity contribution in [2.75, 3.05) is 10.3 Å². The van der Waals surface area contributed by atoms with Gasteiger partial charge in [-0.1, -0.05) is 42.5 Å². The molecular formula is C26H23N7S. The Balaban J connectivity index is 1.32. The lowest BCUT2D eigenvalue weighted by Gasteiger charge is -2.24. The minimum absolute atomic E-state index is 0.121. The Morgan fingerprint density at radius 1 is 1.06 bits per heavy atom. The second-order valence-corrected chi connectivity index (χ2v) is 9.24. The number of hydrogen-bond acceptors (Lipinski definition) is 7. The Labute approximate surface area is 201 Å². The van der Waals surface area contributed by atoms with Gasteiger partial charge in [0.2, 0.25) is 5.95 Å². The Kier molecular flexibility index (Phi) is 5.27. The predicted octanol–water partition coefficient (Wildman–Crippen LogP) is 5.93. The van der Waals surface area contributed by atoms with Crippen LogP contribution in [-0.2, 0) is 6.54 Å². The van der Waals surface area contributed by atoms with Crippen LogP contribution < -0.4 is 10.3 Å². The van der Waals surface area contributed by atoms with Gasteiger partial charge in [-0.15, -0.1) is 11.3 Å². The van der Waals surface area contributed by atoms with E-state index in [1.165, 1.54) is 11.1 Å². The van der Waals surface area contributed by atoms with Crippen LogP contribution in [0.3, 0.4) is 0 Å². The highest BCUT2D eigenvalue weighted by Gasteiger charge is 2.27. The van der Waals surface area contributed by atoms with Gasteiger partial charge >= 0.3 is 0 Å². The number of nitrogens with one attached hydrogen (secondary N) is 1. The number of hydrazone groups is 1. The van der Waals surface area contributed by atoms with Gasteiger partial charge in [0, 0.05) is 31.1 Å². The fourth-order valence-corrected chi connectivity index (χ4v) is 5.09. The molecule has 5 aromatic rings. The summed E-state index contributed by atoms with van der Waals surface area (Å²) >= 11 is 1.64. The summed E-state index contributed by atoms with van der Waals surface area (Å²) in [6, 6.07) is 20.9. The SMILES string of the molecule is Cc1cn(Cc2cccc(Nc3nc(N4N=CCC4c4ccccc4)c4sccc4n3)c2)cn1. The lowest BCUT2D eigenvalue weighted by Crippen LogP contribution is -2.20. The monoisotopic (exact) mass is 465 g/mol. The standard InChI is InChI=1S/C26H23N7S/c1-18-15-32(17-27-18)16-19-6-5-9-21(14-19)29-26-30-22-11-13-34-24(22)25(31-26)33-23(10-12-28-33)20-7-3-2-4-8-20/h2-9,11-15,17,23H,10,16H2,1H3,(H,29,30,31). The minimum atomic E-state index is 0.121. The molecule has 0 amide bonds. The third-order valence-corrected chi connectivity index (χ3v) is 6.73. The van der Waals surface area contributed by atoms with Crippen molar-refractivity contribution < 1.29 is 0 Å². The molecule has 8 heteroatoms. The van der Waals surface area contributed by atoms with Gasteiger partial charge < -0.3 is 9.88 Å². The summed E-state index contributed by atoms with van der Waals surface area (Å²) in [4.78, 5) is 14.0. The maximum atomic E-state index is 4.93. The number of fused-ring (bicyclic) bond motifs is 1. The van der Waals surface area contributed by atoms with Gasteiger partial charge in [-0.2, -0.15) is 10.1 Å². The van der Waals surface area contributed by atoms with Gasteiger partial charge in [0.25, 0.3) is 0 Å². The van der Waals surface area contributed by atoms with Crippen molar-refractivity contribution in [1.82, 2.24) is 19.5 Å².